The molecule has 1 aliphatic heterocycles. The molecule has 0 bridgehead atoms. The van der Waals surface area contributed by atoms with Crippen LogP contribution in [0.2, 0.25) is 0 Å². The van der Waals surface area contributed by atoms with Crippen LogP contribution in [0, 0.1) is 5.92 Å². The van der Waals surface area contributed by atoms with Gasteiger partial charge in [0.1, 0.15) is 11.3 Å². The van der Waals surface area contributed by atoms with Gasteiger partial charge in [0, 0.05) is 6.04 Å². The molecule has 3 atom stereocenters. The molecule has 28 heavy (non-hydrogen) atoms. The highest BCUT2D eigenvalue weighted by Crippen LogP contribution is 2.48. The van der Waals surface area contributed by atoms with E-state index in [0.29, 0.717) is 12.8 Å². The molecule has 1 fully saturated rings. The van der Waals surface area contributed by atoms with Crippen LogP contribution in [0.15, 0.2) is 24.3 Å². The van der Waals surface area contributed by atoms with Gasteiger partial charge in [0.2, 0.25) is 5.91 Å². The smallest absolute Gasteiger partial charge is 0.326 e. The van der Waals surface area contributed by atoms with Gasteiger partial charge in [-0.3, -0.25) is 14.5 Å². The summed E-state index contributed by atoms with van der Waals surface area (Å²) in [4.78, 5) is 27.8. The van der Waals surface area contributed by atoms with Crippen LogP contribution >= 0.6 is 0 Å². The van der Waals surface area contributed by atoms with Crippen molar-refractivity contribution < 1.29 is 24.2 Å². The summed E-state index contributed by atoms with van der Waals surface area (Å²) in [7, 11) is 4.83. The number of aliphatic hydroxyl groups excluding tert-OH is 1. The second-order valence-electron chi connectivity index (χ2n) is 8.05. The largest absolute Gasteiger partial charge is 0.497 e. The fourth-order valence-electron chi connectivity index (χ4n) is 4.07. The predicted molar refractivity (Wildman–Crippen MR) is 106 cm³/mol. The lowest BCUT2D eigenvalue weighted by Crippen LogP contribution is -2.49. The number of aliphatic hydroxyl groups is 1. The minimum Gasteiger partial charge on any atom is -0.497 e. The van der Waals surface area contributed by atoms with Crippen molar-refractivity contribution in [1.82, 2.24) is 10.2 Å². The lowest BCUT2D eigenvalue weighted by atomic mass is 9.86. The van der Waals surface area contributed by atoms with E-state index in [9.17, 15) is 14.7 Å². The Morgan fingerprint density at radius 1 is 1.29 bits per heavy atom. The van der Waals surface area contributed by atoms with Crippen molar-refractivity contribution in [2.24, 2.45) is 5.92 Å². The first-order chi connectivity index (χ1) is 13.2. The highest BCUT2D eigenvalue weighted by atomic mass is 16.5. The van der Waals surface area contributed by atoms with Gasteiger partial charge in [-0.25, -0.2) is 0 Å². The number of benzene rings is 1. The zero-order valence-corrected chi connectivity index (χ0v) is 17.6. The summed E-state index contributed by atoms with van der Waals surface area (Å²) < 4.78 is 10.3. The number of likely N-dealkylation sites (N-methyl/N-ethyl adjacent to an activating group) is 1. The molecule has 0 saturated carbocycles. The number of nitrogens with zero attached hydrogens (tertiary/aromatic N) is 1. The number of nitrogens with one attached hydrogen (secondary N) is 1. The molecule has 1 heterocycles. The van der Waals surface area contributed by atoms with Crippen molar-refractivity contribution in [3.8, 4) is 5.75 Å². The summed E-state index contributed by atoms with van der Waals surface area (Å²) in [6.45, 7) is 5.28. The van der Waals surface area contributed by atoms with E-state index in [-0.39, 0.29) is 24.5 Å². The Morgan fingerprint density at radius 2 is 1.89 bits per heavy atom. The number of carbonyl (C=O) groups is 2. The Hall–Kier alpha value is -2.12. The fourth-order valence-corrected chi connectivity index (χ4v) is 4.07. The first-order valence-electron chi connectivity index (χ1n) is 9.54. The molecule has 156 valence electrons. The molecule has 0 unspecified atom stereocenters. The van der Waals surface area contributed by atoms with Crippen LogP contribution in [-0.2, 0) is 14.3 Å². The molecule has 0 aromatic heterocycles. The molecule has 0 aliphatic carbocycles. The summed E-state index contributed by atoms with van der Waals surface area (Å²) in [5.41, 5.74) is -0.711. The topological polar surface area (TPSA) is 88.1 Å². The van der Waals surface area contributed by atoms with E-state index in [0.717, 1.165) is 11.3 Å². The molecule has 2 rings (SSSR count). The van der Waals surface area contributed by atoms with Crippen LogP contribution in [0.4, 0.5) is 0 Å². The lowest BCUT2D eigenvalue weighted by Gasteiger charge is -2.35. The van der Waals surface area contributed by atoms with Gasteiger partial charge in [0.05, 0.1) is 32.3 Å². The number of ether oxygens (including phenoxy) is 2. The van der Waals surface area contributed by atoms with Crippen LogP contribution in [0.25, 0.3) is 0 Å². The Bertz CT molecular complexity index is 703. The average molecular weight is 392 g/mol. The molecule has 1 aromatic carbocycles. The molecule has 2 N–H and O–H groups in total. The van der Waals surface area contributed by atoms with E-state index in [1.807, 2.05) is 43.1 Å². The van der Waals surface area contributed by atoms with Gasteiger partial charge in [-0.2, -0.15) is 0 Å². The summed E-state index contributed by atoms with van der Waals surface area (Å²) in [6.07, 6.45) is 0.868. The zero-order valence-electron chi connectivity index (χ0n) is 17.6. The molecule has 1 saturated heterocycles. The van der Waals surface area contributed by atoms with Gasteiger partial charge in [-0.15, -0.1) is 0 Å². The Labute approximate surface area is 167 Å². The van der Waals surface area contributed by atoms with E-state index in [4.69, 9.17) is 9.47 Å². The molecule has 1 aromatic rings. The third-order valence-corrected chi connectivity index (χ3v) is 5.83. The normalized spacial score (nSPS) is 25.4. The van der Waals surface area contributed by atoms with Gasteiger partial charge < -0.3 is 19.9 Å². The second kappa shape index (κ2) is 8.49. The molecule has 0 spiro atoms. The number of rotatable bonds is 7. The summed E-state index contributed by atoms with van der Waals surface area (Å²) in [5, 5.41) is 12.5. The van der Waals surface area contributed by atoms with Gasteiger partial charge in [-0.1, -0.05) is 19.1 Å². The summed E-state index contributed by atoms with van der Waals surface area (Å²) >= 11 is 0. The minimum absolute atomic E-state index is 0.176. The SMILES string of the molecule is CC[C@@]1(C(=O)OC)C[C@H](C(=O)NC(C)(C)CO)[C@H](c2ccc(OC)cc2)N1C. The number of carbonyl (C=O) groups excluding carboxylic acids is 2. The van der Waals surface area contributed by atoms with Crippen molar-refractivity contribution in [3.63, 3.8) is 0 Å². The van der Waals surface area contributed by atoms with Crippen molar-refractivity contribution in [1.29, 1.82) is 0 Å². The first kappa shape index (κ1) is 22.2. The van der Waals surface area contributed by atoms with Crippen LogP contribution in [0.3, 0.4) is 0 Å². The maximum absolute atomic E-state index is 13.2. The minimum atomic E-state index is -0.884. The number of esters is 1. The van der Waals surface area contributed by atoms with Crippen LogP contribution < -0.4 is 10.1 Å². The molecule has 7 heteroatoms. The lowest BCUT2D eigenvalue weighted by molar-refractivity contribution is -0.153. The first-order valence-corrected chi connectivity index (χ1v) is 9.54. The Balaban J connectivity index is 2.48. The van der Waals surface area contributed by atoms with Gasteiger partial charge in [0.25, 0.3) is 0 Å². The van der Waals surface area contributed by atoms with Crippen LogP contribution in [-0.4, -0.2) is 60.8 Å². The highest BCUT2D eigenvalue weighted by molar-refractivity contribution is 5.86. The number of hydrogen-bond acceptors (Lipinski definition) is 6. The molecule has 7 nitrogen and oxygen atoms in total. The molecule has 1 aliphatic rings. The number of likely N-dealkylation sites (tertiary alicyclic amines) is 1. The maximum atomic E-state index is 13.2. The molecule has 0 radical (unpaired) electrons. The summed E-state index contributed by atoms with van der Waals surface area (Å²) in [5.74, 6) is -0.275. The fraction of sp³-hybridized carbons (Fsp3) is 0.619. The van der Waals surface area contributed by atoms with Crippen LogP contribution in [0.1, 0.15) is 45.2 Å². The molecular weight excluding hydrogens is 360 g/mol. The Morgan fingerprint density at radius 3 is 2.36 bits per heavy atom. The standard InChI is InChI=1S/C21H32N2O5/c1-7-21(19(26)28-6)12-16(18(25)22-20(2,3)13-24)17(23(21)4)14-8-10-15(27-5)11-9-14/h8-11,16-17,24H,7,12-13H2,1-6H3,(H,22,25)/t16-,17-,21-/m0/s1. The average Bonchev–Trinajstić information content (AvgIpc) is 3.00. The van der Waals surface area contributed by atoms with Crippen molar-refractivity contribution in [3.05, 3.63) is 29.8 Å². The summed E-state index contributed by atoms with van der Waals surface area (Å²) in [6, 6.07) is 7.22. The Kier molecular flexibility index (Phi) is 6.72. The van der Waals surface area contributed by atoms with E-state index in [1.54, 1.807) is 21.0 Å². The van der Waals surface area contributed by atoms with E-state index >= 15 is 0 Å². The quantitative estimate of drug-likeness (QED) is 0.689. The van der Waals surface area contributed by atoms with Crippen molar-refractivity contribution in [2.75, 3.05) is 27.9 Å². The van der Waals surface area contributed by atoms with Gasteiger partial charge in [0.15, 0.2) is 0 Å². The maximum Gasteiger partial charge on any atom is 0.326 e. The number of methoxy groups -OCH3 is 2. The monoisotopic (exact) mass is 392 g/mol. The number of hydrogen-bond donors (Lipinski definition) is 2. The zero-order chi connectivity index (χ0) is 21.1. The third kappa shape index (κ3) is 4.00. The molecular formula is C21H32N2O5. The number of amides is 1. The van der Waals surface area contributed by atoms with Crippen molar-refractivity contribution in [2.45, 2.75) is 50.7 Å². The van der Waals surface area contributed by atoms with Gasteiger partial charge >= 0.3 is 5.97 Å². The van der Waals surface area contributed by atoms with Crippen LogP contribution in [0.5, 0.6) is 5.75 Å². The second-order valence-corrected chi connectivity index (χ2v) is 8.05. The van der Waals surface area contributed by atoms with Gasteiger partial charge in [-0.05, 0) is 51.4 Å². The van der Waals surface area contributed by atoms with E-state index < -0.39 is 17.0 Å². The third-order valence-electron chi connectivity index (χ3n) is 5.83. The molecule has 1 amide bonds. The van der Waals surface area contributed by atoms with Crippen molar-refractivity contribution >= 4 is 11.9 Å². The van der Waals surface area contributed by atoms with E-state index in [1.165, 1.54) is 7.11 Å². The van der Waals surface area contributed by atoms with E-state index in [2.05, 4.69) is 5.32 Å². The highest BCUT2D eigenvalue weighted by Gasteiger charge is 2.56. The predicted octanol–water partition coefficient (Wildman–Crippen LogP) is 1.90.